The van der Waals surface area contributed by atoms with Gasteiger partial charge in [-0.2, -0.15) is 5.10 Å². The van der Waals surface area contributed by atoms with Crippen LogP contribution in [0.4, 0.5) is 17.1 Å². The lowest BCUT2D eigenvalue weighted by Crippen LogP contribution is -2.25. The zero-order chi connectivity index (χ0) is 23.8. The number of hydrogen-bond acceptors (Lipinski definition) is 8. The van der Waals surface area contributed by atoms with Crippen LogP contribution in [0, 0.1) is 27.2 Å². The second-order valence-corrected chi connectivity index (χ2v) is 6.86. The Balaban J connectivity index is 1.61. The number of non-ortho nitro benzene ring substituents is 1. The summed E-state index contributed by atoms with van der Waals surface area (Å²) in [7, 11) is 0. The molecule has 0 radical (unpaired) electrons. The first-order chi connectivity index (χ1) is 15.8. The molecule has 0 aliphatic heterocycles. The summed E-state index contributed by atoms with van der Waals surface area (Å²) in [4.78, 5) is 32.6. The molecule has 0 aromatic heterocycles. The van der Waals surface area contributed by atoms with E-state index < -0.39 is 21.2 Å². The molecule has 0 heterocycles. The van der Waals surface area contributed by atoms with Crippen molar-refractivity contribution >= 4 is 29.2 Å². The highest BCUT2D eigenvalue weighted by Crippen LogP contribution is 2.34. The molecule has 11 nitrogen and oxygen atoms in total. The summed E-state index contributed by atoms with van der Waals surface area (Å²) in [6, 6.07) is 17.2. The van der Waals surface area contributed by atoms with Crippen LogP contribution in [-0.4, -0.2) is 28.5 Å². The Morgan fingerprint density at radius 2 is 1.82 bits per heavy atom. The summed E-state index contributed by atoms with van der Waals surface area (Å²) < 4.78 is 5.55. The van der Waals surface area contributed by atoms with Gasteiger partial charge in [-0.05, 0) is 48.4 Å². The summed E-state index contributed by atoms with van der Waals surface area (Å²) >= 11 is 0. The van der Waals surface area contributed by atoms with Crippen molar-refractivity contribution in [2.75, 3.05) is 11.9 Å². The van der Waals surface area contributed by atoms with Gasteiger partial charge in [-0.15, -0.1) is 0 Å². The molecule has 0 fully saturated rings. The highest BCUT2D eigenvalue weighted by molar-refractivity contribution is 5.84. The highest BCUT2D eigenvalue weighted by Gasteiger charge is 2.21. The molecule has 3 aromatic rings. The van der Waals surface area contributed by atoms with Crippen LogP contribution < -0.4 is 15.5 Å². The first-order valence-electron chi connectivity index (χ1n) is 9.65. The van der Waals surface area contributed by atoms with Gasteiger partial charge in [-0.25, -0.2) is 5.43 Å². The van der Waals surface area contributed by atoms with Crippen molar-refractivity contribution in [3.8, 4) is 11.5 Å². The lowest BCUT2D eigenvalue weighted by molar-refractivity contribution is -0.394. The van der Waals surface area contributed by atoms with Crippen LogP contribution >= 0.6 is 0 Å². The summed E-state index contributed by atoms with van der Waals surface area (Å²) in [5.74, 6) is -0.236. The Labute approximate surface area is 188 Å². The topological polar surface area (TPSA) is 149 Å². The standard InChI is InChI=1S/C22H19N5O6/c1-15-4-2-6-17(10-15)23-14-22(28)25-24-13-16-5-3-7-19(11-16)33-21-9-8-18(26(29)30)12-20(21)27(31)32/h2-13,23H,14H2,1H3,(H,25,28). The van der Waals surface area contributed by atoms with Crippen LogP contribution in [0.15, 0.2) is 71.8 Å². The highest BCUT2D eigenvalue weighted by atomic mass is 16.6. The van der Waals surface area contributed by atoms with Gasteiger partial charge in [0.05, 0.1) is 28.7 Å². The molecule has 0 spiro atoms. The van der Waals surface area contributed by atoms with Gasteiger partial charge in [0.2, 0.25) is 5.75 Å². The second-order valence-electron chi connectivity index (χ2n) is 6.86. The molecular formula is C22H19N5O6. The molecule has 3 aromatic carbocycles. The summed E-state index contributed by atoms with van der Waals surface area (Å²) in [6.45, 7) is 1.99. The quantitative estimate of drug-likeness (QED) is 0.283. The maximum Gasteiger partial charge on any atom is 0.318 e. The minimum atomic E-state index is -0.756. The van der Waals surface area contributed by atoms with Gasteiger partial charge in [-0.3, -0.25) is 25.0 Å². The number of aryl methyl sites for hydroxylation is 1. The number of carbonyl (C=O) groups excluding carboxylic acids is 1. The van der Waals surface area contributed by atoms with Crippen molar-refractivity contribution in [3.05, 3.63) is 98.1 Å². The van der Waals surface area contributed by atoms with E-state index in [1.165, 1.54) is 12.3 Å². The number of nitro benzene ring substituents is 2. The Morgan fingerprint density at radius 3 is 2.55 bits per heavy atom. The van der Waals surface area contributed by atoms with E-state index in [1.54, 1.807) is 24.3 Å². The molecule has 168 valence electrons. The Morgan fingerprint density at radius 1 is 1.03 bits per heavy atom. The fourth-order valence-electron chi connectivity index (χ4n) is 2.79. The van der Waals surface area contributed by atoms with Crippen molar-refractivity contribution in [1.29, 1.82) is 0 Å². The number of hydrogen-bond donors (Lipinski definition) is 2. The molecular weight excluding hydrogens is 430 g/mol. The Kier molecular flexibility index (Phi) is 7.27. The summed E-state index contributed by atoms with van der Waals surface area (Å²) in [6.07, 6.45) is 1.39. The van der Waals surface area contributed by atoms with E-state index in [9.17, 15) is 25.0 Å². The molecule has 33 heavy (non-hydrogen) atoms. The molecule has 0 aliphatic carbocycles. The van der Waals surface area contributed by atoms with Gasteiger partial charge in [0, 0.05) is 11.8 Å². The predicted molar refractivity (Wildman–Crippen MR) is 122 cm³/mol. The largest absolute Gasteiger partial charge is 0.450 e. The van der Waals surface area contributed by atoms with E-state index >= 15 is 0 Å². The summed E-state index contributed by atoms with van der Waals surface area (Å²) in [5, 5.41) is 29.0. The fourth-order valence-corrected chi connectivity index (χ4v) is 2.79. The maximum absolute atomic E-state index is 12.0. The molecule has 3 rings (SSSR count). The van der Waals surface area contributed by atoms with Crippen molar-refractivity contribution in [2.45, 2.75) is 6.92 Å². The molecule has 0 aliphatic rings. The van der Waals surface area contributed by atoms with Crippen LogP contribution in [-0.2, 0) is 4.79 Å². The van der Waals surface area contributed by atoms with E-state index in [0.717, 1.165) is 23.4 Å². The van der Waals surface area contributed by atoms with Gasteiger partial charge in [-0.1, -0.05) is 24.3 Å². The molecule has 11 heteroatoms. The van der Waals surface area contributed by atoms with E-state index in [1.807, 2.05) is 31.2 Å². The number of anilines is 1. The van der Waals surface area contributed by atoms with Gasteiger partial charge in [0.15, 0.2) is 0 Å². The van der Waals surface area contributed by atoms with Crippen LogP contribution in [0.2, 0.25) is 0 Å². The monoisotopic (exact) mass is 449 g/mol. The molecule has 0 saturated heterocycles. The third kappa shape index (κ3) is 6.59. The second kappa shape index (κ2) is 10.5. The number of nitrogens with one attached hydrogen (secondary N) is 2. The molecule has 0 saturated carbocycles. The van der Waals surface area contributed by atoms with Crippen LogP contribution in [0.25, 0.3) is 0 Å². The lowest BCUT2D eigenvalue weighted by Gasteiger charge is -2.07. The Bertz CT molecular complexity index is 1230. The lowest BCUT2D eigenvalue weighted by atomic mass is 10.2. The van der Waals surface area contributed by atoms with E-state index in [-0.39, 0.29) is 24.0 Å². The van der Waals surface area contributed by atoms with E-state index in [4.69, 9.17) is 4.74 Å². The van der Waals surface area contributed by atoms with Crippen molar-refractivity contribution in [3.63, 3.8) is 0 Å². The van der Waals surface area contributed by atoms with Crippen molar-refractivity contribution < 1.29 is 19.4 Å². The van der Waals surface area contributed by atoms with Crippen molar-refractivity contribution in [1.82, 2.24) is 5.43 Å². The van der Waals surface area contributed by atoms with Crippen LogP contribution in [0.1, 0.15) is 11.1 Å². The third-order valence-corrected chi connectivity index (χ3v) is 4.31. The molecule has 1 amide bonds. The van der Waals surface area contributed by atoms with E-state index in [2.05, 4.69) is 15.8 Å². The van der Waals surface area contributed by atoms with Gasteiger partial charge < -0.3 is 10.1 Å². The van der Waals surface area contributed by atoms with Crippen molar-refractivity contribution in [2.24, 2.45) is 5.10 Å². The minimum Gasteiger partial charge on any atom is -0.450 e. The smallest absolute Gasteiger partial charge is 0.318 e. The van der Waals surface area contributed by atoms with E-state index in [0.29, 0.717) is 5.56 Å². The number of rotatable bonds is 9. The Hall–Kier alpha value is -4.80. The average molecular weight is 449 g/mol. The number of nitrogens with zero attached hydrogens (tertiary/aromatic N) is 3. The number of hydrazone groups is 1. The maximum atomic E-state index is 12.0. The number of nitro groups is 2. The molecule has 0 unspecified atom stereocenters. The first-order valence-corrected chi connectivity index (χ1v) is 9.65. The first kappa shape index (κ1) is 22.9. The normalized spacial score (nSPS) is 10.6. The number of ether oxygens (including phenoxy) is 1. The number of benzene rings is 3. The van der Waals surface area contributed by atoms with Crippen LogP contribution in [0.5, 0.6) is 11.5 Å². The minimum absolute atomic E-state index is 0.0355. The van der Waals surface area contributed by atoms with Gasteiger partial charge >= 0.3 is 5.69 Å². The SMILES string of the molecule is Cc1cccc(NCC(=O)NN=Cc2cccc(Oc3ccc([N+](=O)[O-])cc3[N+](=O)[O-])c2)c1. The zero-order valence-electron chi connectivity index (χ0n) is 17.4. The van der Waals surface area contributed by atoms with Gasteiger partial charge in [0.1, 0.15) is 5.75 Å². The number of carbonyl (C=O) groups is 1. The summed E-state index contributed by atoms with van der Waals surface area (Å²) in [5.41, 5.74) is 3.90. The molecule has 0 bridgehead atoms. The zero-order valence-corrected chi connectivity index (χ0v) is 17.4. The van der Waals surface area contributed by atoms with Gasteiger partial charge in [0.25, 0.3) is 11.6 Å². The number of amides is 1. The predicted octanol–water partition coefficient (Wildman–Crippen LogP) is 4.17. The van der Waals surface area contributed by atoms with Crippen LogP contribution in [0.3, 0.4) is 0 Å². The molecule has 0 atom stereocenters. The fraction of sp³-hybridized carbons (Fsp3) is 0.0909. The average Bonchev–Trinajstić information content (AvgIpc) is 2.78. The third-order valence-electron chi connectivity index (χ3n) is 4.31. The molecule has 2 N–H and O–H groups in total.